The van der Waals surface area contributed by atoms with Crippen molar-refractivity contribution in [3.8, 4) is 0 Å². The first-order chi connectivity index (χ1) is 11.0. The molecule has 2 heterocycles. The molecule has 0 saturated carbocycles. The van der Waals surface area contributed by atoms with E-state index in [0.717, 1.165) is 16.3 Å². The third-order valence-electron chi connectivity index (χ3n) is 2.94. The number of fused-ring (bicyclic) bond motifs is 2. The zero-order valence-corrected chi connectivity index (χ0v) is 15.2. The molecule has 0 aliphatic heterocycles. The Bertz CT molecular complexity index is 927. The molecule has 1 nitrogen and oxygen atoms in total. The topological polar surface area (TPSA) is 4.10 Å². The molecule has 3 aromatic rings. The normalized spacial score (nSPS) is 15.2. The van der Waals surface area contributed by atoms with Gasteiger partial charge >= 0.3 is 33.0 Å². The summed E-state index contributed by atoms with van der Waals surface area (Å²) in [5.41, 5.74) is 1.58. The standard InChI is InChI=1S/C14H9Cl3N.F6P/c15-14(16,17)12-6-3-7-18-9-11-5-2-1-4-10(11)8-13(12)18;1-7(2,3,4,5)6/h1-9H;/q+1;-1. The Hall–Kier alpha value is -1.01. The van der Waals surface area contributed by atoms with Crippen LogP contribution in [0.1, 0.15) is 5.56 Å². The van der Waals surface area contributed by atoms with E-state index in [0.29, 0.717) is 5.56 Å². The molecule has 138 valence electrons. The first-order valence-electron chi connectivity index (χ1n) is 6.47. The number of hydrogen-bond acceptors (Lipinski definition) is 0. The molecule has 25 heavy (non-hydrogen) atoms. The van der Waals surface area contributed by atoms with Gasteiger partial charge in [0.05, 0.1) is 5.56 Å². The summed E-state index contributed by atoms with van der Waals surface area (Å²) in [5.74, 6) is 0. The number of rotatable bonds is 0. The Labute approximate surface area is 153 Å². The number of benzene rings is 1. The van der Waals surface area contributed by atoms with Gasteiger partial charge in [-0.1, -0.05) is 53.0 Å². The van der Waals surface area contributed by atoms with E-state index >= 15 is 0 Å². The summed E-state index contributed by atoms with van der Waals surface area (Å²) in [5, 5.41) is 2.27. The van der Waals surface area contributed by atoms with Gasteiger partial charge in [-0.15, -0.1) is 0 Å². The van der Waals surface area contributed by atoms with Crippen molar-refractivity contribution in [2.24, 2.45) is 0 Å². The zero-order valence-electron chi connectivity index (χ0n) is 12.0. The van der Waals surface area contributed by atoms with Crippen molar-refractivity contribution < 1.29 is 29.6 Å². The summed E-state index contributed by atoms with van der Waals surface area (Å²) in [6.45, 7) is 0. The van der Waals surface area contributed by atoms with Gasteiger partial charge in [-0.05, 0) is 17.5 Å². The first kappa shape index (κ1) is 20.3. The number of hydrogen-bond donors (Lipinski definition) is 0. The van der Waals surface area contributed by atoms with Crippen LogP contribution in [0.5, 0.6) is 0 Å². The van der Waals surface area contributed by atoms with Crippen molar-refractivity contribution >= 4 is 58.9 Å². The Morgan fingerprint density at radius 1 is 0.800 bits per heavy atom. The predicted molar refractivity (Wildman–Crippen MR) is 89.9 cm³/mol. The summed E-state index contributed by atoms with van der Waals surface area (Å²) in [4.78, 5) is 0. The van der Waals surface area contributed by atoms with Gasteiger partial charge in [0, 0.05) is 17.5 Å². The average molecular weight is 443 g/mol. The Balaban J connectivity index is 0.000000277. The van der Waals surface area contributed by atoms with E-state index in [1.54, 1.807) is 0 Å². The van der Waals surface area contributed by atoms with E-state index in [-0.39, 0.29) is 0 Å². The fraction of sp³-hybridized carbons (Fsp3) is 0.0714. The van der Waals surface area contributed by atoms with Gasteiger partial charge in [0.2, 0.25) is 9.31 Å². The number of halogens is 9. The third kappa shape index (κ3) is 7.02. The number of alkyl halides is 3. The van der Waals surface area contributed by atoms with Crippen LogP contribution in [0.2, 0.25) is 0 Å². The molecule has 2 aromatic heterocycles. The van der Waals surface area contributed by atoms with Crippen LogP contribution in [-0.4, -0.2) is 0 Å². The van der Waals surface area contributed by atoms with Crippen molar-refractivity contribution in [1.82, 2.24) is 0 Å². The second-order valence-corrected chi connectivity index (χ2v) is 9.27. The molecule has 0 aliphatic rings. The van der Waals surface area contributed by atoms with Crippen molar-refractivity contribution in [1.29, 1.82) is 0 Å². The van der Waals surface area contributed by atoms with Crippen LogP contribution in [0, 0.1) is 0 Å². The van der Waals surface area contributed by atoms with E-state index in [1.165, 1.54) is 0 Å². The molecule has 0 radical (unpaired) electrons. The van der Waals surface area contributed by atoms with Gasteiger partial charge in [0.25, 0.3) is 0 Å². The Morgan fingerprint density at radius 2 is 1.32 bits per heavy atom. The van der Waals surface area contributed by atoms with Crippen LogP contribution in [0.15, 0.2) is 54.9 Å². The second kappa shape index (κ2) is 5.74. The zero-order chi connectivity index (χ0) is 19.2. The summed E-state index contributed by atoms with van der Waals surface area (Å²) in [6, 6.07) is 13.8. The molecule has 0 amide bonds. The van der Waals surface area contributed by atoms with E-state index in [9.17, 15) is 25.2 Å². The first-order valence-corrected chi connectivity index (χ1v) is 9.63. The molecule has 0 unspecified atom stereocenters. The van der Waals surface area contributed by atoms with Gasteiger partial charge in [0.1, 0.15) is 0 Å². The quantitative estimate of drug-likeness (QED) is 0.110. The van der Waals surface area contributed by atoms with Gasteiger partial charge in [0.15, 0.2) is 12.4 Å². The number of pyridine rings is 2. The minimum atomic E-state index is -10.7. The summed E-state index contributed by atoms with van der Waals surface area (Å²) in [6.07, 6.45) is 3.98. The summed E-state index contributed by atoms with van der Waals surface area (Å²) in [7, 11) is -10.7. The minimum absolute atomic E-state index is 0.681. The van der Waals surface area contributed by atoms with E-state index in [4.69, 9.17) is 34.8 Å². The van der Waals surface area contributed by atoms with Crippen LogP contribution >= 0.6 is 42.6 Å². The molecule has 1 aromatic carbocycles. The fourth-order valence-corrected chi connectivity index (χ4v) is 2.58. The predicted octanol–water partition coefficient (Wildman–Crippen LogP) is 7.79. The molecule has 0 saturated heterocycles. The molecule has 0 spiro atoms. The van der Waals surface area contributed by atoms with Crippen LogP contribution in [0.4, 0.5) is 25.2 Å². The van der Waals surface area contributed by atoms with Gasteiger partial charge in [-0.3, -0.25) is 0 Å². The molecule has 0 aliphatic carbocycles. The molecule has 0 bridgehead atoms. The fourth-order valence-electron chi connectivity index (χ4n) is 2.10. The van der Waals surface area contributed by atoms with Crippen molar-refractivity contribution in [3.05, 3.63) is 60.4 Å². The van der Waals surface area contributed by atoms with E-state index in [1.807, 2.05) is 53.2 Å². The number of aromatic nitrogens is 1. The molecule has 11 heteroatoms. The molecular weight excluding hydrogens is 433 g/mol. The molecule has 3 rings (SSSR count). The monoisotopic (exact) mass is 441 g/mol. The SMILES string of the molecule is ClC(Cl)(Cl)c1ccc[n+]2cc3ccccc3cc12.F[P-](F)(F)(F)(F)F. The van der Waals surface area contributed by atoms with Crippen LogP contribution < -0.4 is 4.40 Å². The molecule has 0 fully saturated rings. The summed E-state index contributed by atoms with van der Waals surface area (Å²) >= 11 is 18.0. The van der Waals surface area contributed by atoms with Crippen molar-refractivity contribution in [2.75, 3.05) is 0 Å². The Kier molecular flexibility index (Phi) is 4.67. The maximum absolute atomic E-state index is 10.7. The average Bonchev–Trinajstić information content (AvgIpc) is 2.40. The van der Waals surface area contributed by atoms with Crippen LogP contribution in [0.3, 0.4) is 0 Å². The van der Waals surface area contributed by atoms with Crippen molar-refractivity contribution in [3.63, 3.8) is 0 Å². The van der Waals surface area contributed by atoms with Crippen LogP contribution in [-0.2, 0) is 3.79 Å². The van der Waals surface area contributed by atoms with Crippen LogP contribution in [0.25, 0.3) is 16.3 Å². The maximum atomic E-state index is 9.87. The van der Waals surface area contributed by atoms with Gasteiger partial charge in [-0.2, -0.15) is 4.40 Å². The van der Waals surface area contributed by atoms with Gasteiger partial charge in [-0.25, -0.2) is 0 Å². The molecular formula is C14H9Cl3F6NP. The molecule has 0 atom stereocenters. The van der Waals surface area contributed by atoms with Gasteiger partial charge < -0.3 is 0 Å². The number of nitrogens with zero attached hydrogens (tertiary/aromatic N) is 1. The Morgan fingerprint density at radius 3 is 1.84 bits per heavy atom. The second-order valence-electron chi connectivity index (χ2n) is 5.07. The van der Waals surface area contributed by atoms with E-state index in [2.05, 4.69) is 6.07 Å². The van der Waals surface area contributed by atoms with Crippen molar-refractivity contribution in [2.45, 2.75) is 3.79 Å². The van der Waals surface area contributed by atoms with E-state index < -0.39 is 11.6 Å². The third-order valence-corrected chi connectivity index (χ3v) is 3.55. The molecule has 0 N–H and O–H groups in total. The summed E-state index contributed by atoms with van der Waals surface area (Å²) < 4.78 is 59.7.